The van der Waals surface area contributed by atoms with Gasteiger partial charge in [0, 0.05) is 6.04 Å². The molecule has 0 aliphatic rings. The highest BCUT2D eigenvalue weighted by Crippen LogP contribution is 2.23. The lowest BCUT2D eigenvalue weighted by Crippen LogP contribution is -2.31. The average molecular weight is 288 g/mol. The fourth-order valence-electron chi connectivity index (χ4n) is 2.03. The number of benzene rings is 1. The zero-order chi connectivity index (χ0) is 13.4. The third kappa shape index (κ3) is 5.60. The van der Waals surface area contributed by atoms with Crippen LogP contribution in [0.4, 0.5) is 0 Å². The van der Waals surface area contributed by atoms with Gasteiger partial charge in [-0.05, 0) is 43.5 Å². The van der Waals surface area contributed by atoms with Gasteiger partial charge in [0.25, 0.3) is 0 Å². The SMILES string of the molecule is CCCCC(Cc1ccc(Cl)c(Cl)c1)NCCC. The number of nitrogens with one attached hydrogen (secondary N) is 1. The van der Waals surface area contributed by atoms with Crippen LogP contribution in [0.2, 0.25) is 10.0 Å². The Balaban J connectivity index is 2.59. The predicted octanol–water partition coefficient (Wildman–Crippen LogP) is 5.09. The van der Waals surface area contributed by atoms with E-state index < -0.39 is 0 Å². The minimum Gasteiger partial charge on any atom is -0.314 e. The largest absolute Gasteiger partial charge is 0.314 e. The van der Waals surface area contributed by atoms with E-state index in [4.69, 9.17) is 23.2 Å². The smallest absolute Gasteiger partial charge is 0.0595 e. The Morgan fingerprint density at radius 2 is 1.89 bits per heavy atom. The quantitative estimate of drug-likeness (QED) is 0.702. The minimum absolute atomic E-state index is 0.544. The summed E-state index contributed by atoms with van der Waals surface area (Å²) in [5.74, 6) is 0. The molecule has 0 saturated carbocycles. The summed E-state index contributed by atoms with van der Waals surface area (Å²) in [5, 5.41) is 4.89. The Kier molecular flexibility index (Phi) is 7.73. The fourth-order valence-corrected chi connectivity index (χ4v) is 2.35. The maximum atomic E-state index is 6.05. The lowest BCUT2D eigenvalue weighted by Gasteiger charge is -2.18. The molecule has 1 aromatic carbocycles. The van der Waals surface area contributed by atoms with Crippen LogP contribution in [-0.2, 0) is 6.42 Å². The van der Waals surface area contributed by atoms with Gasteiger partial charge in [0.1, 0.15) is 0 Å². The Hall–Kier alpha value is -0.240. The summed E-state index contributed by atoms with van der Waals surface area (Å²) in [6.45, 7) is 5.51. The Bertz CT molecular complexity index is 344. The molecule has 0 amide bonds. The van der Waals surface area contributed by atoms with E-state index in [1.807, 2.05) is 12.1 Å². The van der Waals surface area contributed by atoms with E-state index in [-0.39, 0.29) is 0 Å². The Morgan fingerprint density at radius 3 is 2.50 bits per heavy atom. The molecule has 1 atom stereocenters. The van der Waals surface area contributed by atoms with Gasteiger partial charge in [-0.15, -0.1) is 0 Å². The second kappa shape index (κ2) is 8.79. The first-order valence-corrected chi connectivity index (χ1v) is 7.60. The minimum atomic E-state index is 0.544. The molecule has 0 aliphatic carbocycles. The number of hydrogen-bond donors (Lipinski definition) is 1. The molecule has 0 aromatic heterocycles. The van der Waals surface area contributed by atoms with Crippen molar-refractivity contribution in [2.24, 2.45) is 0 Å². The summed E-state index contributed by atoms with van der Waals surface area (Å²) in [4.78, 5) is 0. The second-order valence-corrected chi connectivity index (χ2v) is 5.56. The van der Waals surface area contributed by atoms with Crippen molar-refractivity contribution in [2.45, 2.75) is 52.0 Å². The summed E-state index contributed by atoms with van der Waals surface area (Å²) in [5.41, 5.74) is 1.26. The van der Waals surface area contributed by atoms with Crippen molar-refractivity contribution >= 4 is 23.2 Å². The van der Waals surface area contributed by atoms with E-state index in [0.29, 0.717) is 16.1 Å². The van der Waals surface area contributed by atoms with Crippen molar-refractivity contribution in [2.75, 3.05) is 6.54 Å². The van der Waals surface area contributed by atoms with Gasteiger partial charge >= 0.3 is 0 Å². The monoisotopic (exact) mass is 287 g/mol. The molecule has 3 heteroatoms. The first-order valence-electron chi connectivity index (χ1n) is 6.84. The van der Waals surface area contributed by atoms with Gasteiger partial charge < -0.3 is 5.32 Å². The third-order valence-electron chi connectivity index (χ3n) is 3.06. The second-order valence-electron chi connectivity index (χ2n) is 4.75. The van der Waals surface area contributed by atoms with Crippen LogP contribution in [0.15, 0.2) is 18.2 Å². The van der Waals surface area contributed by atoms with Gasteiger partial charge in [0.15, 0.2) is 0 Å². The van der Waals surface area contributed by atoms with Crippen molar-refractivity contribution in [1.82, 2.24) is 5.32 Å². The summed E-state index contributed by atoms with van der Waals surface area (Å²) >= 11 is 12.0. The maximum Gasteiger partial charge on any atom is 0.0595 e. The zero-order valence-corrected chi connectivity index (χ0v) is 12.8. The third-order valence-corrected chi connectivity index (χ3v) is 3.79. The van der Waals surface area contributed by atoms with Crippen molar-refractivity contribution < 1.29 is 0 Å². The van der Waals surface area contributed by atoms with Gasteiger partial charge in [0.05, 0.1) is 10.0 Å². The molecular formula is C15H23Cl2N. The summed E-state index contributed by atoms with van der Waals surface area (Å²) in [6.07, 6.45) is 5.92. The molecule has 0 aliphatic heterocycles. The van der Waals surface area contributed by atoms with Gasteiger partial charge in [0.2, 0.25) is 0 Å². The molecule has 0 bridgehead atoms. The van der Waals surface area contributed by atoms with Crippen molar-refractivity contribution in [3.05, 3.63) is 33.8 Å². The normalized spacial score (nSPS) is 12.7. The molecule has 0 radical (unpaired) electrons. The molecule has 1 rings (SSSR count). The molecule has 1 aromatic rings. The first-order chi connectivity index (χ1) is 8.67. The molecule has 1 N–H and O–H groups in total. The van der Waals surface area contributed by atoms with E-state index in [2.05, 4.69) is 25.2 Å². The van der Waals surface area contributed by atoms with Crippen molar-refractivity contribution in [3.8, 4) is 0 Å². The fraction of sp³-hybridized carbons (Fsp3) is 0.600. The topological polar surface area (TPSA) is 12.0 Å². The van der Waals surface area contributed by atoms with Crippen molar-refractivity contribution in [1.29, 1.82) is 0 Å². The maximum absolute atomic E-state index is 6.05. The van der Waals surface area contributed by atoms with E-state index in [0.717, 1.165) is 13.0 Å². The first kappa shape index (κ1) is 15.8. The van der Waals surface area contributed by atoms with Gasteiger partial charge in [-0.1, -0.05) is 56.0 Å². The molecule has 0 heterocycles. The Labute approximate surface area is 121 Å². The molecular weight excluding hydrogens is 265 g/mol. The lowest BCUT2D eigenvalue weighted by molar-refractivity contribution is 0.462. The molecule has 18 heavy (non-hydrogen) atoms. The van der Waals surface area contributed by atoms with Gasteiger partial charge in [-0.3, -0.25) is 0 Å². The van der Waals surface area contributed by atoms with Crippen LogP contribution in [0.25, 0.3) is 0 Å². The van der Waals surface area contributed by atoms with E-state index in [1.54, 1.807) is 0 Å². The predicted molar refractivity (Wildman–Crippen MR) is 81.8 cm³/mol. The van der Waals surface area contributed by atoms with Crippen LogP contribution in [0.3, 0.4) is 0 Å². The van der Waals surface area contributed by atoms with Crippen LogP contribution >= 0.6 is 23.2 Å². The average Bonchev–Trinajstić information content (AvgIpc) is 2.37. The molecule has 0 saturated heterocycles. The molecule has 1 nitrogen and oxygen atoms in total. The van der Waals surface area contributed by atoms with Crippen LogP contribution in [0.1, 0.15) is 45.1 Å². The standard InChI is InChI=1S/C15H23Cl2N/c1-3-5-6-13(18-9-4-2)10-12-7-8-14(16)15(17)11-12/h7-8,11,13,18H,3-6,9-10H2,1-2H3. The highest BCUT2D eigenvalue weighted by Gasteiger charge is 2.09. The van der Waals surface area contributed by atoms with Crippen molar-refractivity contribution in [3.63, 3.8) is 0 Å². The number of unbranched alkanes of at least 4 members (excludes halogenated alkanes) is 1. The number of halogens is 2. The summed E-state index contributed by atoms with van der Waals surface area (Å²) in [6, 6.07) is 6.48. The number of rotatable bonds is 8. The lowest BCUT2D eigenvalue weighted by atomic mass is 10.0. The molecule has 1 unspecified atom stereocenters. The van der Waals surface area contributed by atoms with Crippen LogP contribution in [0.5, 0.6) is 0 Å². The molecule has 0 spiro atoms. The number of hydrogen-bond acceptors (Lipinski definition) is 1. The highest BCUT2D eigenvalue weighted by atomic mass is 35.5. The Morgan fingerprint density at radius 1 is 1.11 bits per heavy atom. The van der Waals surface area contributed by atoms with Crippen LogP contribution in [0, 0.1) is 0 Å². The highest BCUT2D eigenvalue weighted by molar-refractivity contribution is 6.42. The summed E-state index contributed by atoms with van der Waals surface area (Å²) < 4.78 is 0. The molecule has 102 valence electrons. The van der Waals surface area contributed by atoms with Gasteiger partial charge in [-0.25, -0.2) is 0 Å². The van der Waals surface area contributed by atoms with Gasteiger partial charge in [-0.2, -0.15) is 0 Å². The van der Waals surface area contributed by atoms with E-state index in [9.17, 15) is 0 Å². The molecule has 0 fully saturated rings. The van der Waals surface area contributed by atoms with E-state index >= 15 is 0 Å². The van der Waals surface area contributed by atoms with Crippen LogP contribution < -0.4 is 5.32 Å². The zero-order valence-electron chi connectivity index (χ0n) is 11.3. The summed E-state index contributed by atoms with van der Waals surface area (Å²) in [7, 11) is 0. The van der Waals surface area contributed by atoms with Crippen LogP contribution in [-0.4, -0.2) is 12.6 Å². The van der Waals surface area contributed by atoms with E-state index in [1.165, 1.54) is 31.2 Å².